The van der Waals surface area contributed by atoms with Crippen LogP contribution in [0.2, 0.25) is 0 Å². The molecule has 0 heterocycles. The SMILES string of the molecule is CCC(CC(=O)CC(C)=O)C(C)=O. The van der Waals surface area contributed by atoms with E-state index in [1.54, 1.807) is 0 Å². The third-order valence-corrected chi connectivity index (χ3v) is 1.99. The van der Waals surface area contributed by atoms with Crippen molar-refractivity contribution < 1.29 is 14.4 Å². The molecular weight excluding hydrogens is 168 g/mol. The van der Waals surface area contributed by atoms with Gasteiger partial charge in [-0.2, -0.15) is 0 Å². The summed E-state index contributed by atoms with van der Waals surface area (Å²) in [6.45, 7) is 4.73. The first-order valence-electron chi connectivity index (χ1n) is 4.49. The van der Waals surface area contributed by atoms with E-state index < -0.39 is 0 Å². The van der Waals surface area contributed by atoms with Crippen LogP contribution in [0.5, 0.6) is 0 Å². The van der Waals surface area contributed by atoms with Gasteiger partial charge in [0.05, 0.1) is 6.42 Å². The van der Waals surface area contributed by atoms with Crippen LogP contribution in [0.25, 0.3) is 0 Å². The molecule has 0 aliphatic carbocycles. The summed E-state index contributed by atoms with van der Waals surface area (Å²) in [7, 11) is 0. The summed E-state index contributed by atoms with van der Waals surface area (Å²) in [4.78, 5) is 32.7. The second-order valence-corrected chi connectivity index (χ2v) is 3.34. The van der Waals surface area contributed by atoms with Crippen LogP contribution in [0.15, 0.2) is 0 Å². The fourth-order valence-electron chi connectivity index (χ4n) is 1.20. The summed E-state index contributed by atoms with van der Waals surface area (Å²) in [5, 5.41) is 0. The first-order valence-corrected chi connectivity index (χ1v) is 4.49. The molecule has 0 amide bonds. The van der Waals surface area contributed by atoms with E-state index in [4.69, 9.17) is 0 Å². The largest absolute Gasteiger partial charge is 0.300 e. The number of hydrogen-bond donors (Lipinski definition) is 0. The lowest BCUT2D eigenvalue weighted by atomic mass is 9.94. The molecular formula is C10H16O3. The standard InChI is InChI=1S/C10H16O3/c1-4-9(8(3)12)6-10(13)5-7(2)11/h9H,4-6H2,1-3H3. The van der Waals surface area contributed by atoms with Gasteiger partial charge in [-0.25, -0.2) is 0 Å². The third-order valence-electron chi connectivity index (χ3n) is 1.99. The van der Waals surface area contributed by atoms with Crippen molar-refractivity contribution in [3.63, 3.8) is 0 Å². The maximum atomic E-state index is 11.2. The molecule has 0 aromatic heterocycles. The number of rotatable bonds is 6. The Morgan fingerprint density at radius 2 is 1.69 bits per heavy atom. The summed E-state index contributed by atoms with van der Waals surface area (Å²) >= 11 is 0. The average Bonchev–Trinajstić information content (AvgIpc) is 1.98. The van der Waals surface area contributed by atoms with E-state index in [9.17, 15) is 14.4 Å². The van der Waals surface area contributed by atoms with Crippen LogP contribution < -0.4 is 0 Å². The van der Waals surface area contributed by atoms with E-state index in [0.717, 1.165) is 0 Å². The van der Waals surface area contributed by atoms with Gasteiger partial charge in [0, 0.05) is 12.3 Å². The van der Waals surface area contributed by atoms with Crippen LogP contribution in [-0.2, 0) is 14.4 Å². The number of carbonyl (C=O) groups excluding carboxylic acids is 3. The number of ketones is 3. The van der Waals surface area contributed by atoms with Gasteiger partial charge in [0.2, 0.25) is 0 Å². The fourth-order valence-corrected chi connectivity index (χ4v) is 1.20. The summed E-state index contributed by atoms with van der Waals surface area (Å²) in [6, 6.07) is 0. The van der Waals surface area contributed by atoms with Gasteiger partial charge < -0.3 is 0 Å². The molecule has 0 saturated heterocycles. The van der Waals surface area contributed by atoms with Crippen molar-refractivity contribution in [2.24, 2.45) is 5.92 Å². The maximum Gasteiger partial charge on any atom is 0.140 e. The molecule has 1 atom stereocenters. The Bertz CT molecular complexity index is 218. The molecule has 13 heavy (non-hydrogen) atoms. The normalized spacial score (nSPS) is 12.2. The van der Waals surface area contributed by atoms with E-state index >= 15 is 0 Å². The van der Waals surface area contributed by atoms with E-state index in [1.165, 1.54) is 13.8 Å². The van der Waals surface area contributed by atoms with Gasteiger partial charge in [-0.05, 0) is 20.3 Å². The van der Waals surface area contributed by atoms with E-state index in [-0.39, 0.29) is 36.1 Å². The molecule has 0 aromatic rings. The van der Waals surface area contributed by atoms with Crippen molar-refractivity contribution in [2.75, 3.05) is 0 Å². The molecule has 0 aliphatic rings. The second kappa shape index (κ2) is 5.62. The molecule has 0 N–H and O–H groups in total. The predicted octanol–water partition coefficient (Wildman–Crippen LogP) is 1.54. The van der Waals surface area contributed by atoms with Crippen LogP contribution >= 0.6 is 0 Å². The zero-order chi connectivity index (χ0) is 10.4. The van der Waals surface area contributed by atoms with Gasteiger partial charge in [-0.3, -0.25) is 14.4 Å². The highest BCUT2D eigenvalue weighted by molar-refractivity contribution is 5.99. The molecule has 0 fully saturated rings. The second-order valence-electron chi connectivity index (χ2n) is 3.34. The third kappa shape index (κ3) is 5.28. The summed E-state index contributed by atoms with van der Waals surface area (Å²) in [5.74, 6) is -0.441. The van der Waals surface area contributed by atoms with Crippen molar-refractivity contribution in [3.8, 4) is 0 Å². The van der Waals surface area contributed by atoms with E-state index in [2.05, 4.69) is 0 Å². The van der Waals surface area contributed by atoms with Crippen molar-refractivity contribution in [1.29, 1.82) is 0 Å². The van der Waals surface area contributed by atoms with Gasteiger partial charge >= 0.3 is 0 Å². The first-order chi connectivity index (χ1) is 5.97. The van der Waals surface area contributed by atoms with E-state index in [0.29, 0.717) is 6.42 Å². The molecule has 3 heteroatoms. The molecule has 0 saturated carbocycles. The Morgan fingerprint density at radius 1 is 1.15 bits per heavy atom. The Balaban J connectivity index is 4.01. The van der Waals surface area contributed by atoms with Crippen molar-refractivity contribution in [1.82, 2.24) is 0 Å². The number of carbonyl (C=O) groups is 3. The quantitative estimate of drug-likeness (QED) is 0.588. The average molecular weight is 184 g/mol. The molecule has 1 unspecified atom stereocenters. The van der Waals surface area contributed by atoms with Crippen LogP contribution in [0.4, 0.5) is 0 Å². The zero-order valence-corrected chi connectivity index (χ0v) is 8.42. The minimum Gasteiger partial charge on any atom is -0.300 e. The van der Waals surface area contributed by atoms with Gasteiger partial charge in [0.25, 0.3) is 0 Å². The lowest BCUT2D eigenvalue weighted by Gasteiger charge is -2.08. The summed E-state index contributed by atoms with van der Waals surface area (Å²) in [6.07, 6.45) is 0.841. The molecule has 0 rings (SSSR count). The van der Waals surface area contributed by atoms with Crippen LogP contribution in [0.3, 0.4) is 0 Å². The summed E-state index contributed by atoms with van der Waals surface area (Å²) in [5.41, 5.74) is 0. The minimum atomic E-state index is -0.202. The van der Waals surface area contributed by atoms with Gasteiger partial charge in [-0.1, -0.05) is 6.92 Å². The summed E-state index contributed by atoms with van der Waals surface area (Å²) < 4.78 is 0. The zero-order valence-electron chi connectivity index (χ0n) is 8.42. The van der Waals surface area contributed by atoms with Crippen molar-refractivity contribution in [3.05, 3.63) is 0 Å². The smallest absolute Gasteiger partial charge is 0.140 e. The number of Topliss-reactive ketones (excluding diaryl/α,β-unsaturated/α-hetero) is 3. The van der Waals surface area contributed by atoms with Gasteiger partial charge in [-0.15, -0.1) is 0 Å². The highest BCUT2D eigenvalue weighted by Crippen LogP contribution is 2.11. The van der Waals surface area contributed by atoms with Crippen LogP contribution in [0, 0.1) is 5.92 Å². The molecule has 3 nitrogen and oxygen atoms in total. The first kappa shape index (κ1) is 12.0. The van der Waals surface area contributed by atoms with Crippen molar-refractivity contribution >= 4 is 17.3 Å². The molecule has 0 aliphatic heterocycles. The van der Waals surface area contributed by atoms with E-state index in [1.807, 2.05) is 6.92 Å². The van der Waals surface area contributed by atoms with Crippen molar-refractivity contribution in [2.45, 2.75) is 40.0 Å². The van der Waals surface area contributed by atoms with Crippen LogP contribution in [-0.4, -0.2) is 17.3 Å². The van der Waals surface area contributed by atoms with Gasteiger partial charge in [0.1, 0.15) is 17.3 Å². The highest BCUT2D eigenvalue weighted by Gasteiger charge is 2.16. The Labute approximate surface area is 78.5 Å². The lowest BCUT2D eigenvalue weighted by Crippen LogP contribution is -2.16. The highest BCUT2D eigenvalue weighted by atomic mass is 16.1. The monoisotopic (exact) mass is 184 g/mol. The molecule has 0 spiro atoms. The molecule has 74 valence electrons. The lowest BCUT2D eigenvalue weighted by molar-refractivity contribution is -0.130. The molecule has 0 aromatic carbocycles. The fraction of sp³-hybridized carbons (Fsp3) is 0.700. The minimum absolute atomic E-state index is 0.0272. The maximum absolute atomic E-state index is 11.2. The van der Waals surface area contributed by atoms with Crippen LogP contribution in [0.1, 0.15) is 40.0 Å². The molecule has 0 radical (unpaired) electrons. The topological polar surface area (TPSA) is 51.2 Å². The Kier molecular flexibility index (Phi) is 5.19. The van der Waals surface area contributed by atoms with Gasteiger partial charge in [0.15, 0.2) is 0 Å². The Hall–Kier alpha value is -0.990. The predicted molar refractivity (Wildman–Crippen MR) is 49.4 cm³/mol. The number of hydrogen-bond acceptors (Lipinski definition) is 3. The Morgan fingerprint density at radius 3 is 2.00 bits per heavy atom. The molecule has 0 bridgehead atoms.